The largest absolute Gasteiger partial charge is 0.416 e. The number of hydrogen-bond donors (Lipinski definition) is 0. The van der Waals surface area contributed by atoms with E-state index in [9.17, 15) is 13.2 Å². The number of fused-ring (bicyclic) bond motifs is 2. The van der Waals surface area contributed by atoms with Gasteiger partial charge in [0.2, 0.25) is 0 Å². The second kappa shape index (κ2) is 10.1. The van der Waals surface area contributed by atoms with Crippen LogP contribution < -0.4 is 0 Å². The molecule has 4 atom stereocenters. The number of rotatable bonds is 7. The Labute approximate surface area is 221 Å². The van der Waals surface area contributed by atoms with Crippen LogP contribution in [0.25, 0.3) is 0 Å². The number of nitrogens with zero attached hydrogens (tertiary/aromatic N) is 4. The van der Waals surface area contributed by atoms with Crippen LogP contribution in [0.5, 0.6) is 0 Å². The van der Waals surface area contributed by atoms with Crippen LogP contribution in [0.15, 0.2) is 29.4 Å². The van der Waals surface area contributed by atoms with Crippen molar-refractivity contribution in [1.82, 2.24) is 19.7 Å². The van der Waals surface area contributed by atoms with E-state index in [2.05, 4.69) is 26.7 Å². The lowest BCUT2D eigenvalue weighted by Gasteiger charge is -2.27. The summed E-state index contributed by atoms with van der Waals surface area (Å²) in [7, 11) is 2.09. The van der Waals surface area contributed by atoms with E-state index in [4.69, 9.17) is 4.74 Å². The molecule has 6 rings (SSSR count). The average molecular weight is 543 g/mol. The first-order chi connectivity index (χ1) is 16.8. The van der Waals surface area contributed by atoms with Gasteiger partial charge in [0.25, 0.3) is 0 Å². The highest BCUT2D eigenvalue weighted by molar-refractivity contribution is 7.99. The van der Waals surface area contributed by atoms with Crippen molar-refractivity contribution < 1.29 is 17.9 Å². The Bertz CT molecular complexity index is 1050. The molecule has 10 heteroatoms. The molecule has 3 aliphatic heterocycles. The van der Waals surface area contributed by atoms with Gasteiger partial charge in [-0.2, -0.15) is 13.2 Å². The molecule has 0 radical (unpaired) electrons. The maximum atomic E-state index is 12.9. The van der Waals surface area contributed by atoms with E-state index in [0.717, 1.165) is 74.0 Å². The van der Waals surface area contributed by atoms with E-state index < -0.39 is 11.7 Å². The van der Waals surface area contributed by atoms with Crippen molar-refractivity contribution in [2.45, 2.75) is 80.3 Å². The summed E-state index contributed by atoms with van der Waals surface area (Å²) in [6.45, 7) is 3.20. The lowest BCUT2D eigenvalue weighted by Crippen LogP contribution is -2.25. The number of halogens is 4. The first kappa shape index (κ1) is 26.3. The zero-order valence-electron chi connectivity index (χ0n) is 20.5. The predicted octanol–water partition coefficient (Wildman–Crippen LogP) is 6.04. The maximum absolute atomic E-state index is 12.9. The zero-order valence-corrected chi connectivity index (χ0v) is 22.2. The number of benzene rings is 1. The quantitative estimate of drug-likeness (QED) is 0.315. The summed E-state index contributed by atoms with van der Waals surface area (Å²) in [5.41, 5.74) is 0.775. The van der Waals surface area contributed by atoms with Gasteiger partial charge in [-0.3, -0.25) is 0 Å². The molecule has 5 nitrogen and oxygen atoms in total. The Balaban J connectivity index is 0.00000267. The number of likely N-dealkylation sites (tertiary alicyclic amines) is 1. The Hall–Kier alpha value is -1.29. The molecule has 2 unspecified atom stereocenters. The topological polar surface area (TPSA) is 43.2 Å². The minimum absolute atomic E-state index is 0. The molecule has 1 aromatic heterocycles. The van der Waals surface area contributed by atoms with Crippen molar-refractivity contribution in [3.63, 3.8) is 0 Å². The fraction of sp³-hybridized carbons (Fsp3) is 0.692. The van der Waals surface area contributed by atoms with Gasteiger partial charge in [0.15, 0.2) is 5.16 Å². The Morgan fingerprint density at radius 3 is 2.53 bits per heavy atom. The van der Waals surface area contributed by atoms with Crippen molar-refractivity contribution in [3.8, 4) is 0 Å². The molecule has 4 aliphatic rings. The van der Waals surface area contributed by atoms with Gasteiger partial charge in [-0.1, -0.05) is 23.9 Å². The number of aromatic nitrogens is 3. The lowest BCUT2D eigenvalue weighted by molar-refractivity contribution is -0.137. The molecule has 1 spiro atoms. The number of thioether (sulfide) groups is 1. The third-order valence-electron chi connectivity index (χ3n) is 8.67. The van der Waals surface area contributed by atoms with Crippen LogP contribution >= 0.6 is 24.2 Å². The first-order valence-electron chi connectivity index (χ1n) is 12.9. The molecule has 2 aromatic rings. The smallest absolute Gasteiger partial charge is 0.375 e. The molecule has 1 aliphatic carbocycles. The summed E-state index contributed by atoms with van der Waals surface area (Å²) in [5, 5.41) is 10.0. The van der Waals surface area contributed by atoms with E-state index in [0.29, 0.717) is 24.0 Å². The standard InChI is InChI=1S/C26H33F3N4OS.ClH/c1-32-23(18-13-20-7-8-21(14-18)34-20)30-31-24(32)35-12-2-10-33-11-9-25(16-33)15-22(25)17-3-5-19(6-4-17)26(27,28)29;/h3-6,18,20-22H,2,7-16H2,1H3;1H/t18?,20?,21?,22-,25+;/m1./s1. The van der Waals surface area contributed by atoms with Crippen molar-refractivity contribution in [1.29, 1.82) is 0 Å². The Morgan fingerprint density at radius 1 is 1.11 bits per heavy atom. The van der Waals surface area contributed by atoms with Gasteiger partial charge in [-0.15, -0.1) is 22.6 Å². The second-order valence-corrected chi connectivity index (χ2v) is 12.1. The molecule has 4 heterocycles. The van der Waals surface area contributed by atoms with E-state index in [1.54, 1.807) is 23.9 Å². The minimum atomic E-state index is -4.26. The summed E-state index contributed by atoms with van der Waals surface area (Å²) in [5.74, 6) is 2.99. The molecule has 1 saturated carbocycles. The van der Waals surface area contributed by atoms with Crippen LogP contribution in [0.4, 0.5) is 13.2 Å². The number of hydrogen-bond acceptors (Lipinski definition) is 5. The lowest BCUT2D eigenvalue weighted by atomic mass is 9.95. The monoisotopic (exact) mass is 542 g/mol. The summed E-state index contributed by atoms with van der Waals surface area (Å²) >= 11 is 1.79. The van der Waals surface area contributed by atoms with Gasteiger partial charge in [0, 0.05) is 25.3 Å². The molecular weight excluding hydrogens is 509 g/mol. The maximum Gasteiger partial charge on any atom is 0.416 e. The van der Waals surface area contributed by atoms with E-state index in [1.165, 1.54) is 25.0 Å². The highest BCUT2D eigenvalue weighted by Gasteiger charge is 2.57. The van der Waals surface area contributed by atoms with Crippen LogP contribution in [-0.2, 0) is 18.0 Å². The summed E-state index contributed by atoms with van der Waals surface area (Å²) in [6, 6.07) is 5.83. The molecule has 3 saturated heterocycles. The number of alkyl halides is 3. The van der Waals surface area contributed by atoms with Crippen LogP contribution in [0.1, 0.15) is 73.7 Å². The first-order valence-corrected chi connectivity index (χ1v) is 13.9. The molecule has 4 fully saturated rings. The van der Waals surface area contributed by atoms with Crippen molar-refractivity contribution in [3.05, 3.63) is 41.2 Å². The van der Waals surface area contributed by atoms with E-state index >= 15 is 0 Å². The minimum Gasteiger partial charge on any atom is -0.375 e. The zero-order chi connectivity index (χ0) is 24.2. The fourth-order valence-corrected chi connectivity index (χ4v) is 7.52. The fourth-order valence-electron chi connectivity index (χ4n) is 6.68. The van der Waals surface area contributed by atoms with E-state index in [1.807, 2.05) is 0 Å². The van der Waals surface area contributed by atoms with Crippen molar-refractivity contribution in [2.24, 2.45) is 12.5 Å². The highest BCUT2D eigenvalue weighted by Crippen LogP contribution is 2.64. The van der Waals surface area contributed by atoms with Crippen LogP contribution in [0.2, 0.25) is 0 Å². The van der Waals surface area contributed by atoms with Crippen LogP contribution in [0, 0.1) is 5.41 Å². The molecule has 1 aromatic carbocycles. The summed E-state index contributed by atoms with van der Waals surface area (Å²) < 4.78 is 46.7. The third-order valence-corrected chi connectivity index (χ3v) is 9.77. The van der Waals surface area contributed by atoms with Gasteiger partial charge in [-0.25, -0.2) is 0 Å². The molecule has 0 amide bonds. The molecule has 36 heavy (non-hydrogen) atoms. The Kier molecular flexibility index (Phi) is 7.40. The summed E-state index contributed by atoms with van der Waals surface area (Å²) in [4.78, 5) is 2.53. The SMILES string of the molecule is Cl.Cn1c(SCCCN2CC[C@]3(C[C@@H]3c3ccc(C(F)(F)F)cc3)C2)nnc1C1CC2CCC(C1)O2. The highest BCUT2D eigenvalue weighted by atomic mass is 35.5. The molecular formula is C26H34ClF3N4OS. The predicted molar refractivity (Wildman–Crippen MR) is 136 cm³/mol. The van der Waals surface area contributed by atoms with Gasteiger partial charge < -0.3 is 14.2 Å². The average Bonchev–Trinajstić information content (AvgIpc) is 3.06. The molecule has 2 bridgehead atoms. The van der Waals surface area contributed by atoms with E-state index in [-0.39, 0.29) is 17.8 Å². The molecule has 198 valence electrons. The van der Waals surface area contributed by atoms with Gasteiger partial charge >= 0.3 is 6.18 Å². The summed E-state index contributed by atoms with van der Waals surface area (Å²) in [6.07, 6.45) is 4.38. The van der Waals surface area contributed by atoms with Gasteiger partial charge in [0.1, 0.15) is 5.82 Å². The normalized spacial score (nSPS) is 31.7. The third kappa shape index (κ3) is 5.18. The van der Waals surface area contributed by atoms with Gasteiger partial charge in [-0.05, 0) is 87.1 Å². The second-order valence-electron chi connectivity index (χ2n) is 11.0. The number of ether oxygens (including phenoxy) is 1. The van der Waals surface area contributed by atoms with Crippen LogP contribution in [0.3, 0.4) is 0 Å². The van der Waals surface area contributed by atoms with Crippen molar-refractivity contribution >= 4 is 24.2 Å². The molecule has 0 N–H and O–H groups in total. The van der Waals surface area contributed by atoms with Crippen LogP contribution in [-0.4, -0.2) is 57.3 Å². The Morgan fingerprint density at radius 2 is 1.83 bits per heavy atom. The van der Waals surface area contributed by atoms with Gasteiger partial charge in [0.05, 0.1) is 17.8 Å². The van der Waals surface area contributed by atoms with Crippen molar-refractivity contribution in [2.75, 3.05) is 25.4 Å².